The van der Waals surface area contributed by atoms with Crippen molar-refractivity contribution in [2.75, 3.05) is 17.7 Å². The zero-order valence-electron chi connectivity index (χ0n) is 11.7. The minimum atomic E-state index is -0.535. The Hall–Kier alpha value is -2.56. The molecule has 0 aliphatic rings. The molecule has 0 saturated carbocycles. The Morgan fingerprint density at radius 2 is 2.00 bits per heavy atom. The van der Waals surface area contributed by atoms with Gasteiger partial charge >= 0.3 is 6.09 Å². The van der Waals surface area contributed by atoms with Gasteiger partial charge in [0.25, 0.3) is 0 Å². The summed E-state index contributed by atoms with van der Waals surface area (Å²) in [5, 5.41) is 5.79. The van der Waals surface area contributed by atoms with Crippen LogP contribution in [0.4, 0.5) is 22.0 Å². The summed E-state index contributed by atoms with van der Waals surface area (Å²) in [6.45, 7) is 4.11. The van der Waals surface area contributed by atoms with Gasteiger partial charge in [-0.25, -0.2) is 9.78 Å². The molecule has 20 heavy (non-hydrogen) atoms. The van der Waals surface area contributed by atoms with Crippen LogP contribution in [0.1, 0.15) is 11.1 Å². The van der Waals surface area contributed by atoms with Crippen molar-refractivity contribution in [3.63, 3.8) is 0 Å². The highest BCUT2D eigenvalue weighted by Crippen LogP contribution is 2.21. The van der Waals surface area contributed by atoms with Gasteiger partial charge in [-0.2, -0.15) is 0 Å². The van der Waals surface area contributed by atoms with Gasteiger partial charge in [-0.1, -0.05) is 17.7 Å². The summed E-state index contributed by atoms with van der Waals surface area (Å²) < 4.78 is 4.50. The van der Waals surface area contributed by atoms with Gasteiger partial charge in [-0.05, 0) is 37.6 Å². The smallest absolute Gasteiger partial charge is 0.412 e. The molecule has 2 aromatic rings. The van der Waals surface area contributed by atoms with E-state index in [2.05, 4.69) is 46.3 Å². The van der Waals surface area contributed by atoms with Crippen molar-refractivity contribution >= 4 is 23.3 Å². The Morgan fingerprint density at radius 3 is 2.60 bits per heavy atom. The summed E-state index contributed by atoms with van der Waals surface area (Å²) in [7, 11) is 1.31. The van der Waals surface area contributed by atoms with Gasteiger partial charge in [0.2, 0.25) is 0 Å². The molecular formula is C15H17N3O2. The molecule has 2 N–H and O–H groups in total. The standard InChI is InChI=1S/C15H17N3O2/c1-10-4-6-13(11(2)8-10)17-12-5-7-14(16-9-12)18-15(19)20-3/h4-9,17H,1-3H3,(H,16,18,19). The highest BCUT2D eigenvalue weighted by atomic mass is 16.5. The van der Waals surface area contributed by atoms with E-state index in [0.717, 1.165) is 11.4 Å². The number of anilines is 3. The number of rotatable bonds is 3. The van der Waals surface area contributed by atoms with Gasteiger partial charge in [-0.15, -0.1) is 0 Å². The molecule has 0 atom stereocenters. The van der Waals surface area contributed by atoms with E-state index in [9.17, 15) is 4.79 Å². The number of methoxy groups -OCH3 is 1. The monoisotopic (exact) mass is 271 g/mol. The van der Waals surface area contributed by atoms with Crippen LogP contribution in [0.2, 0.25) is 0 Å². The van der Waals surface area contributed by atoms with Crippen LogP contribution in [-0.2, 0) is 4.74 Å². The van der Waals surface area contributed by atoms with Crippen LogP contribution in [-0.4, -0.2) is 18.2 Å². The summed E-state index contributed by atoms with van der Waals surface area (Å²) in [5.74, 6) is 0.447. The van der Waals surface area contributed by atoms with Crippen LogP contribution < -0.4 is 10.6 Å². The first-order chi connectivity index (χ1) is 9.58. The van der Waals surface area contributed by atoms with E-state index >= 15 is 0 Å². The van der Waals surface area contributed by atoms with Crippen LogP contribution in [0.25, 0.3) is 0 Å². The summed E-state index contributed by atoms with van der Waals surface area (Å²) in [4.78, 5) is 15.2. The normalized spacial score (nSPS) is 9.95. The number of aromatic nitrogens is 1. The van der Waals surface area contributed by atoms with E-state index in [0.29, 0.717) is 5.82 Å². The predicted molar refractivity (Wildman–Crippen MR) is 79.5 cm³/mol. The maximum atomic E-state index is 11.0. The van der Waals surface area contributed by atoms with E-state index in [1.807, 2.05) is 12.1 Å². The molecular weight excluding hydrogens is 254 g/mol. The number of nitrogens with one attached hydrogen (secondary N) is 2. The molecule has 0 spiro atoms. The first-order valence-electron chi connectivity index (χ1n) is 6.24. The maximum absolute atomic E-state index is 11.0. The van der Waals surface area contributed by atoms with Gasteiger partial charge in [0.1, 0.15) is 5.82 Å². The molecule has 0 aliphatic carbocycles. The predicted octanol–water partition coefficient (Wildman–Crippen LogP) is 3.62. The lowest BCUT2D eigenvalue weighted by atomic mass is 10.1. The fraction of sp³-hybridized carbons (Fsp3) is 0.200. The third-order valence-corrected chi connectivity index (χ3v) is 2.84. The molecule has 0 bridgehead atoms. The third-order valence-electron chi connectivity index (χ3n) is 2.84. The van der Waals surface area contributed by atoms with Crippen LogP contribution in [0.5, 0.6) is 0 Å². The number of amides is 1. The average molecular weight is 271 g/mol. The van der Waals surface area contributed by atoms with Gasteiger partial charge < -0.3 is 10.1 Å². The molecule has 1 aromatic heterocycles. The highest BCUT2D eigenvalue weighted by Gasteiger charge is 2.03. The number of carbonyl (C=O) groups excluding carboxylic acids is 1. The fourth-order valence-electron chi connectivity index (χ4n) is 1.81. The number of nitrogens with zero attached hydrogens (tertiary/aromatic N) is 1. The zero-order valence-corrected chi connectivity index (χ0v) is 11.7. The lowest BCUT2D eigenvalue weighted by Gasteiger charge is -2.10. The third kappa shape index (κ3) is 3.47. The van der Waals surface area contributed by atoms with Crippen molar-refractivity contribution in [1.29, 1.82) is 0 Å². The number of hydrogen-bond acceptors (Lipinski definition) is 4. The lowest BCUT2D eigenvalue weighted by Crippen LogP contribution is -2.11. The van der Waals surface area contributed by atoms with E-state index in [4.69, 9.17) is 0 Å². The molecule has 5 heteroatoms. The molecule has 1 heterocycles. The van der Waals surface area contributed by atoms with Gasteiger partial charge in [0.15, 0.2) is 0 Å². The summed E-state index contributed by atoms with van der Waals surface area (Å²) in [5.41, 5.74) is 4.28. The Bertz CT molecular complexity index is 609. The topological polar surface area (TPSA) is 63.2 Å². The van der Waals surface area contributed by atoms with E-state index in [1.165, 1.54) is 18.2 Å². The number of carbonyl (C=O) groups is 1. The van der Waals surface area contributed by atoms with E-state index in [-0.39, 0.29) is 0 Å². The molecule has 0 fully saturated rings. The van der Waals surface area contributed by atoms with Crippen LogP contribution in [0.15, 0.2) is 36.5 Å². The Balaban J connectivity index is 2.08. The van der Waals surface area contributed by atoms with Crippen LogP contribution in [0, 0.1) is 13.8 Å². The van der Waals surface area contributed by atoms with Crippen molar-refractivity contribution in [1.82, 2.24) is 4.98 Å². The second-order valence-corrected chi connectivity index (χ2v) is 4.49. The van der Waals surface area contributed by atoms with Crippen molar-refractivity contribution in [3.8, 4) is 0 Å². The SMILES string of the molecule is COC(=O)Nc1ccc(Nc2ccc(C)cc2C)cn1. The number of aryl methyl sites for hydroxylation is 2. The Kier molecular flexibility index (Phi) is 4.20. The molecule has 0 unspecified atom stereocenters. The summed E-state index contributed by atoms with van der Waals surface area (Å²) >= 11 is 0. The van der Waals surface area contributed by atoms with Crippen molar-refractivity contribution < 1.29 is 9.53 Å². The number of hydrogen-bond donors (Lipinski definition) is 2. The lowest BCUT2D eigenvalue weighted by molar-refractivity contribution is 0.187. The first-order valence-corrected chi connectivity index (χ1v) is 6.24. The molecule has 1 aromatic carbocycles. The minimum Gasteiger partial charge on any atom is -0.453 e. The van der Waals surface area contributed by atoms with Crippen LogP contribution >= 0.6 is 0 Å². The summed E-state index contributed by atoms with van der Waals surface area (Å²) in [6.07, 6.45) is 1.12. The fourth-order valence-corrected chi connectivity index (χ4v) is 1.81. The van der Waals surface area contributed by atoms with Gasteiger partial charge in [0.05, 0.1) is 19.0 Å². The van der Waals surface area contributed by atoms with Crippen molar-refractivity contribution in [2.45, 2.75) is 13.8 Å². The molecule has 0 radical (unpaired) electrons. The largest absolute Gasteiger partial charge is 0.453 e. The number of benzene rings is 1. The molecule has 0 saturated heterocycles. The number of ether oxygens (including phenoxy) is 1. The molecule has 1 amide bonds. The maximum Gasteiger partial charge on any atom is 0.412 e. The minimum absolute atomic E-state index is 0.447. The molecule has 5 nitrogen and oxygen atoms in total. The van der Waals surface area contributed by atoms with Crippen LogP contribution in [0.3, 0.4) is 0 Å². The van der Waals surface area contributed by atoms with Gasteiger partial charge in [-0.3, -0.25) is 5.32 Å². The van der Waals surface area contributed by atoms with E-state index < -0.39 is 6.09 Å². The molecule has 0 aliphatic heterocycles. The highest BCUT2D eigenvalue weighted by molar-refractivity contribution is 5.83. The first kappa shape index (κ1) is 13.9. The quantitative estimate of drug-likeness (QED) is 0.895. The van der Waals surface area contributed by atoms with E-state index in [1.54, 1.807) is 12.3 Å². The Labute approximate surface area is 118 Å². The second kappa shape index (κ2) is 6.06. The second-order valence-electron chi connectivity index (χ2n) is 4.49. The average Bonchev–Trinajstić information content (AvgIpc) is 2.44. The molecule has 2 rings (SSSR count). The Morgan fingerprint density at radius 1 is 1.20 bits per heavy atom. The van der Waals surface area contributed by atoms with Gasteiger partial charge in [0, 0.05) is 5.69 Å². The number of pyridine rings is 1. The van der Waals surface area contributed by atoms with Crippen molar-refractivity contribution in [3.05, 3.63) is 47.7 Å². The van der Waals surface area contributed by atoms with Crippen molar-refractivity contribution in [2.24, 2.45) is 0 Å². The zero-order chi connectivity index (χ0) is 14.5. The summed E-state index contributed by atoms with van der Waals surface area (Å²) in [6, 6.07) is 9.75. The molecule has 104 valence electrons.